The molecule has 0 saturated carbocycles. The van der Waals surface area contributed by atoms with E-state index >= 15 is 0 Å². The molecule has 0 aromatic heterocycles. The summed E-state index contributed by atoms with van der Waals surface area (Å²) in [5.74, 6) is 4.27. The number of ether oxygens (including phenoxy) is 1. The van der Waals surface area contributed by atoms with Crippen molar-refractivity contribution in [2.75, 3.05) is 32.6 Å². The van der Waals surface area contributed by atoms with Crippen LogP contribution in [0.4, 0.5) is 0 Å². The number of aliphatic hydroxyl groups is 1. The van der Waals surface area contributed by atoms with Crippen LogP contribution in [-0.4, -0.2) is 86.3 Å². The fraction of sp³-hybridized carbons (Fsp3) is 0.471. The first-order valence-electron chi connectivity index (χ1n) is 8.76. The molecule has 1 aromatic rings. The zero-order valence-corrected chi connectivity index (χ0v) is 18.0. The summed E-state index contributed by atoms with van der Waals surface area (Å²) in [5.41, 5.74) is 1.42. The van der Waals surface area contributed by atoms with Gasteiger partial charge in [0.25, 0.3) is 5.91 Å². The molecule has 0 bridgehead atoms. The van der Waals surface area contributed by atoms with E-state index in [-0.39, 0.29) is 31.2 Å². The number of hydrogen-bond acceptors (Lipinski definition) is 8. The molecule has 13 heteroatoms. The van der Waals surface area contributed by atoms with Gasteiger partial charge < -0.3 is 9.84 Å². The second-order valence-electron chi connectivity index (χ2n) is 6.42. The highest BCUT2D eigenvalue weighted by Gasteiger charge is 2.47. The Morgan fingerprint density at radius 2 is 1.77 bits per heavy atom. The number of hydrogen-bond donors (Lipinski definition) is 3. The molecule has 0 radical (unpaired) electrons. The number of nitrogens with one attached hydrogen (secondary N) is 1. The van der Waals surface area contributed by atoms with Crippen molar-refractivity contribution in [2.45, 2.75) is 23.9 Å². The van der Waals surface area contributed by atoms with Gasteiger partial charge in [0, 0.05) is 19.1 Å². The van der Waals surface area contributed by atoms with Gasteiger partial charge in [-0.1, -0.05) is 11.8 Å². The molecule has 1 aliphatic heterocycles. The molecule has 0 aliphatic carbocycles. The summed E-state index contributed by atoms with van der Waals surface area (Å²) in [6, 6.07) is 2.88. The second-order valence-corrected chi connectivity index (χ2v) is 10.2. The van der Waals surface area contributed by atoms with E-state index in [2.05, 4.69) is 11.8 Å². The Morgan fingerprint density at radius 3 is 2.30 bits per heavy atom. The van der Waals surface area contributed by atoms with Crippen molar-refractivity contribution in [3.05, 3.63) is 24.3 Å². The van der Waals surface area contributed by atoms with Crippen LogP contribution in [0.15, 0.2) is 29.2 Å². The molecule has 30 heavy (non-hydrogen) atoms. The number of nitrogens with zero attached hydrogens (tertiary/aromatic N) is 2. The summed E-state index contributed by atoms with van der Waals surface area (Å²) in [6.45, 7) is 0.698. The third kappa shape index (κ3) is 5.28. The molecule has 11 nitrogen and oxygen atoms in total. The zero-order valence-electron chi connectivity index (χ0n) is 16.3. The molecule has 2 atom stereocenters. The largest absolute Gasteiger partial charge is 0.481 e. The van der Waals surface area contributed by atoms with Crippen molar-refractivity contribution < 1.29 is 36.7 Å². The number of hydroxylamine groups is 1. The van der Waals surface area contributed by atoms with Crippen molar-refractivity contribution in [3.8, 4) is 17.6 Å². The summed E-state index contributed by atoms with van der Waals surface area (Å²) in [7, 11) is -7.89. The topological polar surface area (TPSA) is 154 Å². The molecule has 1 aliphatic rings. The van der Waals surface area contributed by atoms with E-state index in [0.29, 0.717) is 5.75 Å². The Kier molecular flexibility index (Phi) is 7.81. The number of piperazine rings is 1. The minimum absolute atomic E-state index is 0.0103. The predicted octanol–water partition coefficient (Wildman–Crippen LogP) is -1.41. The molecule has 0 spiro atoms. The van der Waals surface area contributed by atoms with Crippen LogP contribution in [0, 0.1) is 11.8 Å². The SMILES string of the molecule is CC1C(C(=O)NO)N(S(=O)(=O)c2ccc(OCC#CCO)cc2)CCN1S(C)(=O)=O. The van der Waals surface area contributed by atoms with Crippen molar-refractivity contribution in [3.63, 3.8) is 0 Å². The molecule has 1 fully saturated rings. The minimum atomic E-state index is -4.19. The Hall–Kier alpha value is -2.21. The Labute approximate surface area is 175 Å². The van der Waals surface area contributed by atoms with Crippen molar-refractivity contribution >= 4 is 26.0 Å². The van der Waals surface area contributed by atoms with Gasteiger partial charge in [-0.25, -0.2) is 22.3 Å². The van der Waals surface area contributed by atoms with Gasteiger partial charge in [-0.05, 0) is 31.2 Å². The summed E-state index contributed by atoms with van der Waals surface area (Å²) < 4.78 is 57.4. The summed E-state index contributed by atoms with van der Waals surface area (Å²) in [5, 5.41) is 17.7. The maximum absolute atomic E-state index is 13.1. The van der Waals surface area contributed by atoms with Crippen molar-refractivity contribution in [1.29, 1.82) is 0 Å². The molecule has 1 aromatic carbocycles. The summed E-state index contributed by atoms with van der Waals surface area (Å²) in [4.78, 5) is 12.1. The highest BCUT2D eigenvalue weighted by molar-refractivity contribution is 7.89. The second kappa shape index (κ2) is 9.73. The average Bonchev–Trinajstić information content (AvgIpc) is 2.69. The van der Waals surface area contributed by atoms with E-state index in [0.717, 1.165) is 14.9 Å². The number of rotatable bonds is 6. The first kappa shape index (κ1) is 24.1. The van der Waals surface area contributed by atoms with Crippen LogP contribution in [0.2, 0.25) is 0 Å². The molecular formula is C17H23N3O8S2. The van der Waals surface area contributed by atoms with E-state index in [9.17, 15) is 21.6 Å². The smallest absolute Gasteiger partial charge is 0.263 e. The van der Waals surface area contributed by atoms with Gasteiger partial charge in [0.05, 0.1) is 11.2 Å². The first-order chi connectivity index (χ1) is 14.0. The first-order valence-corrected chi connectivity index (χ1v) is 12.0. The highest BCUT2D eigenvalue weighted by atomic mass is 32.2. The van der Waals surface area contributed by atoms with Crippen molar-refractivity contribution in [1.82, 2.24) is 14.1 Å². The highest BCUT2D eigenvalue weighted by Crippen LogP contribution is 2.27. The van der Waals surface area contributed by atoms with E-state index < -0.39 is 38.0 Å². The fourth-order valence-corrected chi connectivity index (χ4v) is 5.94. The Balaban J connectivity index is 2.31. The van der Waals surface area contributed by atoms with E-state index in [4.69, 9.17) is 15.1 Å². The minimum Gasteiger partial charge on any atom is -0.481 e. The van der Waals surface area contributed by atoms with Gasteiger partial charge in [0.2, 0.25) is 20.0 Å². The molecule has 1 amide bonds. The van der Waals surface area contributed by atoms with Crippen LogP contribution in [0.5, 0.6) is 5.75 Å². The van der Waals surface area contributed by atoms with Gasteiger partial charge in [0.1, 0.15) is 25.0 Å². The zero-order chi connectivity index (χ0) is 22.5. The van der Waals surface area contributed by atoms with Crippen LogP contribution in [-0.2, 0) is 24.8 Å². The van der Waals surface area contributed by atoms with Gasteiger partial charge in [-0.3, -0.25) is 10.0 Å². The third-order valence-corrected chi connectivity index (χ3v) is 7.77. The van der Waals surface area contributed by atoms with Crippen LogP contribution < -0.4 is 10.2 Å². The van der Waals surface area contributed by atoms with E-state index in [1.54, 1.807) is 0 Å². The quantitative estimate of drug-likeness (QED) is 0.265. The van der Waals surface area contributed by atoms with Crippen LogP contribution in [0.3, 0.4) is 0 Å². The van der Waals surface area contributed by atoms with E-state index in [1.165, 1.54) is 36.7 Å². The predicted molar refractivity (Wildman–Crippen MR) is 105 cm³/mol. The Morgan fingerprint density at radius 1 is 1.17 bits per heavy atom. The molecule has 2 rings (SSSR count). The lowest BCUT2D eigenvalue weighted by molar-refractivity contribution is -0.135. The number of aliphatic hydroxyl groups excluding tert-OH is 1. The van der Waals surface area contributed by atoms with Crippen molar-refractivity contribution in [2.24, 2.45) is 0 Å². The maximum Gasteiger partial charge on any atom is 0.263 e. The molecule has 1 heterocycles. The summed E-state index contributed by atoms with van der Waals surface area (Å²) in [6.07, 6.45) is 0.964. The van der Waals surface area contributed by atoms with Crippen LogP contribution in [0.1, 0.15) is 6.92 Å². The lowest BCUT2D eigenvalue weighted by Crippen LogP contribution is -2.65. The number of sulfonamides is 2. The van der Waals surface area contributed by atoms with Gasteiger partial charge in [-0.2, -0.15) is 8.61 Å². The number of amides is 1. The van der Waals surface area contributed by atoms with Gasteiger partial charge in [-0.15, -0.1) is 0 Å². The lowest BCUT2D eigenvalue weighted by atomic mass is 10.1. The average molecular weight is 462 g/mol. The van der Waals surface area contributed by atoms with E-state index in [1.807, 2.05) is 0 Å². The monoisotopic (exact) mass is 461 g/mol. The molecule has 166 valence electrons. The molecule has 3 N–H and O–H groups in total. The number of carbonyl (C=O) groups excluding carboxylic acids is 1. The van der Waals surface area contributed by atoms with Gasteiger partial charge in [0.15, 0.2) is 0 Å². The Bertz CT molecular complexity index is 1030. The number of benzene rings is 1. The maximum atomic E-state index is 13.1. The van der Waals surface area contributed by atoms with Crippen LogP contribution >= 0.6 is 0 Å². The van der Waals surface area contributed by atoms with Gasteiger partial charge >= 0.3 is 0 Å². The normalized spacial score (nSPS) is 20.8. The molecule has 2 unspecified atom stereocenters. The van der Waals surface area contributed by atoms with Crippen LogP contribution in [0.25, 0.3) is 0 Å². The standard InChI is InChI=1S/C17H23N3O8S2/c1-13-16(17(22)18-23)20(10-9-19(13)29(2,24)25)30(26,27)15-7-5-14(6-8-15)28-12-4-3-11-21/h5-8,13,16,21,23H,9-12H2,1-2H3,(H,18,22). The molecular weight excluding hydrogens is 438 g/mol. The number of carbonyl (C=O) groups is 1. The fourth-order valence-electron chi connectivity index (χ4n) is 3.16. The lowest BCUT2D eigenvalue weighted by Gasteiger charge is -2.42. The third-order valence-electron chi connectivity index (χ3n) is 4.51. The molecule has 1 saturated heterocycles. The summed E-state index contributed by atoms with van der Waals surface area (Å²) >= 11 is 0.